The molecule has 0 atom stereocenters. The standard InChI is InChI=1S/C27H39ClN6O3S/c28-25-3-1-2-24(27(25)38(35,36)34-14-16-37-17-15-34)21-33-12-10-32(11-13-33)19-22-5-8-31(9-6-22)20-23-4-7-30-26(29)18-23/h1-4,7,18,22H,5-6,8-17,19-21H2,(H2,29,30). The van der Waals surface area contributed by atoms with Crippen LogP contribution in [0, 0.1) is 5.92 Å². The number of benzene rings is 1. The molecule has 1 aromatic heterocycles. The number of piperazine rings is 1. The van der Waals surface area contributed by atoms with Crippen LogP contribution in [-0.2, 0) is 27.8 Å². The maximum absolute atomic E-state index is 13.4. The molecule has 208 valence electrons. The van der Waals surface area contributed by atoms with Crippen LogP contribution < -0.4 is 5.73 Å². The molecular weight excluding hydrogens is 524 g/mol. The lowest BCUT2D eigenvalue weighted by Crippen LogP contribution is -2.48. The summed E-state index contributed by atoms with van der Waals surface area (Å²) in [6.45, 7) is 10.3. The summed E-state index contributed by atoms with van der Waals surface area (Å²) in [6, 6.07) is 9.44. The number of piperidine rings is 1. The van der Waals surface area contributed by atoms with E-state index in [2.05, 4.69) is 19.7 Å². The van der Waals surface area contributed by atoms with Gasteiger partial charge in [-0.05, 0) is 61.2 Å². The number of nitrogen functional groups attached to an aromatic ring is 1. The van der Waals surface area contributed by atoms with Crippen LogP contribution in [-0.4, -0.2) is 105 Å². The highest BCUT2D eigenvalue weighted by Gasteiger charge is 2.31. The number of nitrogens with two attached hydrogens (primary N) is 1. The molecule has 9 nitrogen and oxygen atoms in total. The number of nitrogens with zero attached hydrogens (tertiary/aromatic N) is 5. The molecule has 3 aliphatic rings. The maximum atomic E-state index is 13.4. The molecule has 0 amide bonds. The highest BCUT2D eigenvalue weighted by molar-refractivity contribution is 7.89. The minimum absolute atomic E-state index is 0.257. The van der Waals surface area contributed by atoms with Crippen molar-refractivity contribution >= 4 is 27.4 Å². The molecule has 0 saturated carbocycles. The molecule has 38 heavy (non-hydrogen) atoms. The fourth-order valence-electron chi connectivity index (χ4n) is 5.80. The Morgan fingerprint density at radius 2 is 1.61 bits per heavy atom. The Balaban J connectivity index is 1.10. The number of hydrogen-bond donors (Lipinski definition) is 1. The monoisotopic (exact) mass is 562 g/mol. The number of pyridine rings is 1. The summed E-state index contributed by atoms with van der Waals surface area (Å²) >= 11 is 6.47. The second-order valence-electron chi connectivity index (χ2n) is 10.6. The van der Waals surface area contributed by atoms with Crippen molar-refractivity contribution in [1.29, 1.82) is 0 Å². The quantitative estimate of drug-likeness (QED) is 0.524. The fraction of sp³-hybridized carbons (Fsp3) is 0.593. The SMILES string of the molecule is Nc1cc(CN2CCC(CN3CCN(Cc4cccc(Cl)c4S(=O)(=O)N4CCOCC4)CC3)CC2)ccn1. The van der Waals surface area contributed by atoms with Crippen LogP contribution in [0.1, 0.15) is 24.0 Å². The Bertz CT molecular complexity index is 1180. The molecule has 2 aromatic rings. The molecule has 3 saturated heterocycles. The van der Waals surface area contributed by atoms with E-state index in [9.17, 15) is 8.42 Å². The van der Waals surface area contributed by atoms with E-state index in [1.165, 1.54) is 22.7 Å². The second-order valence-corrected chi connectivity index (χ2v) is 12.9. The Hall–Kier alpha value is -1.79. The molecule has 3 fully saturated rings. The Labute approximate surface area is 231 Å². The molecule has 0 aliphatic carbocycles. The van der Waals surface area contributed by atoms with Crippen molar-refractivity contribution in [1.82, 2.24) is 24.0 Å². The summed E-state index contributed by atoms with van der Waals surface area (Å²) in [5, 5.41) is 0.298. The van der Waals surface area contributed by atoms with Gasteiger partial charge in [-0.2, -0.15) is 4.31 Å². The van der Waals surface area contributed by atoms with Crippen molar-refractivity contribution in [3.63, 3.8) is 0 Å². The van der Waals surface area contributed by atoms with E-state index < -0.39 is 10.0 Å². The van der Waals surface area contributed by atoms with Crippen LogP contribution in [0.15, 0.2) is 41.4 Å². The normalized spacial score (nSPS) is 21.6. The number of morpholine rings is 1. The second kappa shape index (κ2) is 12.6. The van der Waals surface area contributed by atoms with Crippen molar-refractivity contribution in [2.75, 3.05) is 77.9 Å². The summed E-state index contributed by atoms with van der Waals surface area (Å²) in [5.74, 6) is 1.31. The summed E-state index contributed by atoms with van der Waals surface area (Å²) in [4.78, 5) is 11.8. The molecule has 4 heterocycles. The van der Waals surface area contributed by atoms with Gasteiger partial charge in [-0.3, -0.25) is 9.80 Å². The van der Waals surface area contributed by atoms with E-state index in [0.717, 1.165) is 63.8 Å². The Morgan fingerprint density at radius 3 is 2.32 bits per heavy atom. The molecule has 1 aromatic carbocycles. The van der Waals surface area contributed by atoms with Gasteiger partial charge in [0.05, 0.1) is 18.2 Å². The van der Waals surface area contributed by atoms with Gasteiger partial charge in [0, 0.05) is 65.1 Å². The van der Waals surface area contributed by atoms with E-state index in [-0.39, 0.29) is 4.90 Å². The van der Waals surface area contributed by atoms with Crippen LogP contribution in [0.25, 0.3) is 0 Å². The van der Waals surface area contributed by atoms with Crippen molar-refractivity contribution in [2.24, 2.45) is 5.92 Å². The van der Waals surface area contributed by atoms with Crippen molar-refractivity contribution < 1.29 is 13.2 Å². The zero-order valence-electron chi connectivity index (χ0n) is 22.0. The largest absolute Gasteiger partial charge is 0.384 e. The first-order chi connectivity index (χ1) is 18.4. The number of ether oxygens (including phenoxy) is 1. The third-order valence-electron chi connectivity index (χ3n) is 7.95. The minimum atomic E-state index is -3.66. The molecule has 5 rings (SSSR count). The van der Waals surface area contributed by atoms with Crippen molar-refractivity contribution in [3.8, 4) is 0 Å². The van der Waals surface area contributed by atoms with E-state index in [1.807, 2.05) is 24.3 Å². The average molecular weight is 563 g/mol. The Morgan fingerprint density at radius 1 is 0.921 bits per heavy atom. The zero-order valence-corrected chi connectivity index (χ0v) is 23.5. The Kier molecular flexibility index (Phi) is 9.20. The number of likely N-dealkylation sites (tertiary alicyclic amines) is 1. The van der Waals surface area contributed by atoms with Gasteiger partial charge < -0.3 is 15.4 Å². The number of sulfonamides is 1. The lowest BCUT2D eigenvalue weighted by Gasteiger charge is -2.39. The zero-order chi connectivity index (χ0) is 26.5. The van der Waals surface area contributed by atoms with Crippen LogP contribution in [0.2, 0.25) is 5.02 Å². The number of rotatable bonds is 8. The van der Waals surface area contributed by atoms with Crippen LogP contribution in [0.5, 0.6) is 0 Å². The van der Waals surface area contributed by atoms with Crippen molar-refractivity contribution in [2.45, 2.75) is 30.8 Å². The highest BCUT2D eigenvalue weighted by atomic mass is 35.5. The number of hydrogen-bond acceptors (Lipinski definition) is 8. The maximum Gasteiger partial charge on any atom is 0.245 e. The van der Waals surface area contributed by atoms with E-state index >= 15 is 0 Å². The molecule has 11 heteroatoms. The van der Waals surface area contributed by atoms with Gasteiger partial charge in [0.1, 0.15) is 10.7 Å². The van der Waals surface area contributed by atoms with E-state index in [1.54, 1.807) is 12.3 Å². The van der Waals surface area contributed by atoms with Gasteiger partial charge in [0.25, 0.3) is 0 Å². The molecule has 0 bridgehead atoms. The third-order valence-corrected chi connectivity index (χ3v) is 10.4. The summed E-state index contributed by atoms with van der Waals surface area (Å²) in [7, 11) is -3.66. The summed E-state index contributed by atoms with van der Waals surface area (Å²) in [6.07, 6.45) is 4.21. The van der Waals surface area contributed by atoms with Gasteiger partial charge in [-0.1, -0.05) is 23.7 Å². The molecule has 0 unspecified atom stereocenters. The summed E-state index contributed by atoms with van der Waals surface area (Å²) in [5.41, 5.74) is 7.84. The number of aromatic nitrogens is 1. The van der Waals surface area contributed by atoms with Gasteiger partial charge in [-0.15, -0.1) is 0 Å². The predicted molar refractivity (Wildman–Crippen MR) is 149 cm³/mol. The van der Waals surface area contributed by atoms with Gasteiger partial charge in [-0.25, -0.2) is 13.4 Å². The van der Waals surface area contributed by atoms with Crippen molar-refractivity contribution in [3.05, 3.63) is 52.7 Å². The lowest BCUT2D eigenvalue weighted by atomic mass is 9.95. The molecule has 0 radical (unpaired) electrons. The van der Waals surface area contributed by atoms with Gasteiger partial charge in [0.2, 0.25) is 10.0 Å². The minimum Gasteiger partial charge on any atom is -0.384 e. The first kappa shape index (κ1) is 27.8. The molecule has 2 N–H and O–H groups in total. The average Bonchev–Trinajstić information content (AvgIpc) is 2.91. The number of anilines is 1. The lowest BCUT2D eigenvalue weighted by molar-refractivity contribution is 0.0729. The van der Waals surface area contributed by atoms with Crippen LogP contribution in [0.4, 0.5) is 5.82 Å². The van der Waals surface area contributed by atoms with Gasteiger partial charge in [0.15, 0.2) is 0 Å². The molecule has 3 aliphatic heterocycles. The first-order valence-corrected chi connectivity index (χ1v) is 15.4. The number of halogens is 1. The van der Waals surface area contributed by atoms with Crippen LogP contribution >= 0.6 is 11.6 Å². The topological polar surface area (TPSA) is 95.2 Å². The molecular formula is C27H39ClN6O3S. The van der Waals surface area contributed by atoms with E-state index in [0.29, 0.717) is 43.7 Å². The molecule has 0 spiro atoms. The van der Waals surface area contributed by atoms with Gasteiger partial charge >= 0.3 is 0 Å². The smallest absolute Gasteiger partial charge is 0.245 e. The fourth-order valence-corrected chi connectivity index (χ4v) is 7.95. The van der Waals surface area contributed by atoms with E-state index in [4.69, 9.17) is 22.1 Å². The summed E-state index contributed by atoms with van der Waals surface area (Å²) < 4.78 is 33.7. The third kappa shape index (κ3) is 6.85. The predicted octanol–water partition coefficient (Wildman–Crippen LogP) is 2.37. The highest BCUT2D eigenvalue weighted by Crippen LogP contribution is 2.30. The first-order valence-electron chi connectivity index (χ1n) is 13.6. The van der Waals surface area contributed by atoms with Crippen LogP contribution in [0.3, 0.4) is 0 Å².